The molecule has 2 aromatic carbocycles. The molecule has 0 aliphatic rings. The van der Waals surface area contributed by atoms with Gasteiger partial charge in [-0.05, 0) is 24.3 Å². The third-order valence-corrected chi connectivity index (χ3v) is 3.40. The van der Waals surface area contributed by atoms with Gasteiger partial charge >= 0.3 is 0 Å². The zero-order valence-electron chi connectivity index (χ0n) is 13.8. The van der Waals surface area contributed by atoms with Crippen molar-refractivity contribution in [3.63, 3.8) is 0 Å². The summed E-state index contributed by atoms with van der Waals surface area (Å²) in [6.45, 7) is 1.67. The summed E-state index contributed by atoms with van der Waals surface area (Å²) in [6, 6.07) is 5.56. The van der Waals surface area contributed by atoms with Gasteiger partial charge in [0.1, 0.15) is 5.56 Å². The van der Waals surface area contributed by atoms with Gasteiger partial charge < -0.3 is 15.4 Å². The Morgan fingerprint density at radius 1 is 0.885 bits per heavy atom. The first kappa shape index (κ1) is 19.2. The van der Waals surface area contributed by atoms with Gasteiger partial charge in [-0.25, -0.2) is 8.78 Å². The molecule has 2 aromatic rings. The molecule has 5 nitrogen and oxygen atoms in total. The molecule has 0 heterocycles. The van der Waals surface area contributed by atoms with E-state index in [0.717, 1.165) is 7.11 Å². The number of hydrogen-bond donors (Lipinski definition) is 2. The number of amides is 2. The molecular weight excluding hydrogens is 356 g/mol. The van der Waals surface area contributed by atoms with Crippen LogP contribution < -0.4 is 15.4 Å². The van der Waals surface area contributed by atoms with Gasteiger partial charge in [0.15, 0.2) is 17.4 Å². The Morgan fingerprint density at radius 2 is 1.35 bits per heavy atom. The Hall–Kier alpha value is -3.10. The van der Waals surface area contributed by atoms with E-state index in [1.165, 1.54) is 24.3 Å². The van der Waals surface area contributed by atoms with Crippen LogP contribution in [0.3, 0.4) is 0 Å². The Bertz CT molecular complexity index is 825. The average Bonchev–Trinajstić information content (AvgIpc) is 2.62. The lowest BCUT2D eigenvalue weighted by Crippen LogP contribution is -2.19. The number of nitrogens with one attached hydrogen (secondary N) is 2. The number of halogens is 4. The fourth-order valence-corrected chi connectivity index (χ4v) is 2.07. The van der Waals surface area contributed by atoms with Crippen molar-refractivity contribution in [1.82, 2.24) is 0 Å². The number of hydrogen-bond acceptors (Lipinski definition) is 3. The van der Waals surface area contributed by atoms with E-state index < -0.39 is 40.5 Å². The minimum atomic E-state index is -1.87. The predicted octanol–water partition coefficient (Wildman–Crippen LogP) is 3.85. The van der Waals surface area contributed by atoms with Crippen LogP contribution >= 0.6 is 0 Å². The highest BCUT2D eigenvalue weighted by molar-refractivity contribution is 6.05. The summed E-state index contributed by atoms with van der Waals surface area (Å²) in [4.78, 5) is 23.3. The molecule has 2 rings (SSSR count). The maximum Gasteiger partial charge on any atom is 0.261 e. The van der Waals surface area contributed by atoms with Crippen molar-refractivity contribution in [1.29, 1.82) is 0 Å². The molecule has 2 N–H and O–H groups in total. The number of anilines is 2. The Balaban J connectivity index is 2.27. The third-order valence-electron chi connectivity index (χ3n) is 3.40. The molecule has 0 atom stereocenters. The average molecular weight is 370 g/mol. The van der Waals surface area contributed by atoms with Crippen LogP contribution in [0.15, 0.2) is 24.3 Å². The molecule has 0 aromatic heterocycles. The summed E-state index contributed by atoms with van der Waals surface area (Å²) in [5.41, 5.74) is -0.877. The summed E-state index contributed by atoms with van der Waals surface area (Å²) in [7, 11) is 0.832. The van der Waals surface area contributed by atoms with Crippen LogP contribution in [0.4, 0.5) is 28.9 Å². The van der Waals surface area contributed by atoms with Crippen LogP contribution in [0.1, 0.15) is 23.7 Å². The molecule has 0 aliphatic heterocycles. The number of ether oxygens (including phenoxy) is 1. The van der Waals surface area contributed by atoms with Crippen LogP contribution in [0.2, 0.25) is 0 Å². The van der Waals surface area contributed by atoms with Gasteiger partial charge in [0.25, 0.3) is 5.91 Å². The minimum Gasteiger partial charge on any atom is -0.491 e. The van der Waals surface area contributed by atoms with Crippen molar-refractivity contribution < 1.29 is 31.9 Å². The molecule has 0 aliphatic carbocycles. The second kappa shape index (κ2) is 7.85. The van der Waals surface area contributed by atoms with Crippen LogP contribution in [0.25, 0.3) is 0 Å². The lowest BCUT2D eigenvalue weighted by atomic mass is 10.1. The predicted molar refractivity (Wildman–Crippen MR) is 86.1 cm³/mol. The van der Waals surface area contributed by atoms with Crippen molar-refractivity contribution in [2.45, 2.75) is 13.3 Å². The number of methoxy groups -OCH3 is 1. The fraction of sp³-hybridized carbons (Fsp3) is 0.176. The maximum atomic E-state index is 13.9. The largest absolute Gasteiger partial charge is 0.491 e. The standard InChI is InChI=1S/C17H14F4N2O3/c1-3-10(24)22-8-4-6-9(7-5-8)23-17(25)11-12(18)14(20)16(26-2)15(21)13(11)19/h4-7H,3H2,1-2H3,(H,22,24)(H,23,25). The van der Waals surface area contributed by atoms with Crippen LogP contribution in [-0.2, 0) is 4.79 Å². The third kappa shape index (κ3) is 3.76. The van der Waals surface area contributed by atoms with Crippen LogP contribution in [-0.4, -0.2) is 18.9 Å². The lowest BCUT2D eigenvalue weighted by molar-refractivity contribution is -0.115. The van der Waals surface area contributed by atoms with E-state index in [0.29, 0.717) is 5.69 Å². The van der Waals surface area contributed by atoms with E-state index in [-0.39, 0.29) is 18.0 Å². The first-order valence-corrected chi connectivity index (χ1v) is 7.41. The van der Waals surface area contributed by atoms with Gasteiger partial charge in [0, 0.05) is 17.8 Å². The van der Waals surface area contributed by atoms with E-state index in [4.69, 9.17) is 0 Å². The fourth-order valence-electron chi connectivity index (χ4n) is 2.07. The second-order valence-electron chi connectivity index (χ2n) is 5.10. The quantitative estimate of drug-likeness (QED) is 0.621. The van der Waals surface area contributed by atoms with E-state index >= 15 is 0 Å². The summed E-state index contributed by atoms with van der Waals surface area (Å²) < 4.78 is 59.5. The number of benzene rings is 2. The molecule has 0 fully saturated rings. The molecule has 0 saturated carbocycles. The van der Waals surface area contributed by atoms with Crippen molar-refractivity contribution in [3.8, 4) is 5.75 Å². The summed E-state index contributed by atoms with van der Waals surface area (Å²) >= 11 is 0. The molecule has 0 bridgehead atoms. The molecule has 0 radical (unpaired) electrons. The molecule has 9 heteroatoms. The zero-order valence-corrected chi connectivity index (χ0v) is 13.8. The highest BCUT2D eigenvalue weighted by Crippen LogP contribution is 2.30. The van der Waals surface area contributed by atoms with Gasteiger partial charge in [-0.3, -0.25) is 9.59 Å². The van der Waals surface area contributed by atoms with Gasteiger partial charge in [-0.15, -0.1) is 0 Å². The van der Waals surface area contributed by atoms with E-state index in [1.807, 2.05) is 0 Å². The van der Waals surface area contributed by atoms with E-state index in [2.05, 4.69) is 15.4 Å². The topological polar surface area (TPSA) is 67.4 Å². The first-order chi connectivity index (χ1) is 12.3. The monoisotopic (exact) mass is 370 g/mol. The molecule has 0 spiro atoms. The lowest BCUT2D eigenvalue weighted by Gasteiger charge is -2.11. The van der Waals surface area contributed by atoms with Gasteiger partial charge in [0.2, 0.25) is 17.5 Å². The highest BCUT2D eigenvalue weighted by Gasteiger charge is 2.30. The summed E-state index contributed by atoms with van der Waals surface area (Å²) in [6.07, 6.45) is 0.269. The zero-order chi connectivity index (χ0) is 19.4. The number of carbonyl (C=O) groups excluding carboxylic acids is 2. The molecule has 138 valence electrons. The molecule has 0 saturated heterocycles. The highest BCUT2D eigenvalue weighted by atomic mass is 19.2. The van der Waals surface area contributed by atoms with Crippen LogP contribution in [0.5, 0.6) is 5.75 Å². The maximum absolute atomic E-state index is 13.9. The Morgan fingerprint density at radius 3 is 1.77 bits per heavy atom. The number of rotatable bonds is 5. The summed E-state index contributed by atoms with van der Waals surface area (Å²) in [5, 5.41) is 4.69. The van der Waals surface area contributed by atoms with Gasteiger partial charge in [-0.1, -0.05) is 6.92 Å². The Labute approximate surface area is 146 Å². The van der Waals surface area contributed by atoms with Gasteiger partial charge in [-0.2, -0.15) is 8.78 Å². The molecular formula is C17H14F4N2O3. The van der Waals surface area contributed by atoms with E-state index in [1.54, 1.807) is 6.92 Å². The van der Waals surface area contributed by atoms with E-state index in [9.17, 15) is 27.2 Å². The van der Waals surface area contributed by atoms with Crippen molar-refractivity contribution in [3.05, 3.63) is 53.1 Å². The second-order valence-corrected chi connectivity index (χ2v) is 5.10. The smallest absolute Gasteiger partial charge is 0.261 e. The summed E-state index contributed by atoms with van der Waals surface area (Å²) in [5.74, 6) is -10.2. The van der Waals surface area contributed by atoms with Crippen molar-refractivity contribution in [2.24, 2.45) is 0 Å². The molecule has 26 heavy (non-hydrogen) atoms. The first-order valence-electron chi connectivity index (χ1n) is 7.41. The van der Waals surface area contributed by atoms with Crippen molar-refractivity contribution in [2.75, 3.05) is 17.7 Å². The van der Waals surface area contributed by atoms with Gasteiger partial charge in [0.05, 0.1) is 7.11 Å². The minimum absolute atomic E-state index is 0.0972. The SMILES string of the molecule is CCC(=O)Nc1ccc(NC(=O)c2c(F)c(F)c(OC)c(F)c2F)cc1. The number of carbonyl (C=O) groups is 2. The normalized spacial score (nSPS) is 10.4. The van der Waals surface area contributed by atoms with Crippen LogP contribution in [0, 0.1) is 23.3 Å². The molecule has 0 unspecified atom stereocenters. The van der Waals surface area contributed by atoms with Crippen molar-refractivity contribution >= 4 is 23.2 Å². The Kier molecular flexibility index (Phi) is 5.81. The molecule has 2 amide bonds.